The Balaban J connectivity index is 1.81. The van der Waals surface area contributed by atoms with E-state index < -0.39 is 24.5 Å². The Morgan fingerprint density at radius 2 is 1.62 bits per heavy atom. The van der Waals surface area contributed by atoms with E-state index >= 15 is 0 Å². The number of Topliss-reactive ketones (excluding diaryl/α,β-unsaturated/α-hetero) is 1. The Hall–Kier alpha value is -3.19. The fourth-order valence-electron chi connectivity index (χ4n) is 2.40. The quantitative estimate of drug-likeness (QED) is 0.520. The van der Waals surface area contributed by atoms with E-state index in [1.807, 2.05) is 0 Å². The molecule has 0 unspecified atom stereocenters. The van der Waals surface area contributed by atoms with Crippen LogP contribution >= 0.6 is 11.6 Å². The first-order chi connectivity index (χ1) is 13.8. The van der Waals surface area contributed by atoms with Crippen LogP contribution in [0.4, 0.5) is 5.69 Å². The number of amides is 1. The first-order valence-electron chi connectivity index (χ1n) is 8.73. The molecule has 0 bridgehead atoms. The molecule has 0 radical (unpaired) electrons. The molecule has 29 heavy (non-hydrogen) atoms. The first kappa shape index (κ1) is 22.1. The third kappa shape index (κ3) is 6.73. The second-order valence-corrected chi connectivity index (χ2v) is 6.60. The molecule has 0 spiro atoms. The molecule has 2 aromatic carbocycles. The summed E-state index contributed by atoms with van der Waals surface area (Å²) in [6.45, 7) is 1.25. The predicted octanol–water partition coefficient (Wildman–Crippen LogP) is 3.58. The SMILES string of the molecule is COC(=O)c1ccc(C)c(NC(=O)COC(=O)CCC(=O)c2ccc(Cl)cc2)c1. The lowest BCUT2D eigenvalue weighted by atomic mass is 10.1. The minimum atomic E-state index is -0.664. The van der Waals surface area contributed by atoms with Gasteiger partial charge in [0.2, 0.25) is 0 Å². The van der Waals surface area contributed by atoms with Gasteiger partial charge >= 0.3 is 11.9 Å². The Kier molecular flexibility index (Phi) is 7.91. The summed E-state index contributed by atoms with van der Waals surface area (Å²) in [6.07, 6.45) is -0.187. The molecular weight excluding hydrogens is 398 g/mol. The highest BCUT2D eigenvalue weighted by atomic mass is 35.5. The fraction of sp³-hybridized carbons (Fsp3) is 0.238. The van der Waals surface area contributed by atoms with Gasteiger partial charge in [0, 0.05) is 22.7 Å². The van der Waals surface area contributed by atoms with Crippen molar-refractivity contribution in [3.8, 4) is 0 Å². The van der Waals surface area contributed by atoms with Gasteiger partial charge in [-0.1, -0.05) is 17.7 Å². The van der Waals surface area contributed by atoms with E-state index in [0.717, 1.165) is 5.56 Å². The topological polar surface area (TPSA) is 98.8 Å². The van der Waals surface area contributed by atoms with Crippen LogP contribution in [0.2, 0.25) is 5.02 Å². The highest BCUT2D eigenvalue weighted by Crippen LogP contribution is 2.17. The molecule has 0 aliphatic rings. The van der Waals surface area contributed by atoms with Crippen molar-refractivity contribution in [2.45, 2.75) is 19.8 Å². The maximum atomic E-state index is 12.0. The summed E-state index contributed by atoms with van der Waals surface area (Å²) in [5, 5.41) is 3.09. The summed E-state index contributed by atoms with van der Waals surface area (Å²) in [4.78, 5) is 47.4. The molecule has 0 heterocycles. The molecule has 0 aromatic heterocycles. The molecule has 2 aromatic rings. The first-order valence-corrected chi connectivity index (χ1v) is 9.11. The Labute approximate surface area is 172 Å². The molecular formula is C21H20ClNO6. The van der Waals surface area contributed by atoms with Crippen molar-refractivity contribution >= 4 is 40.9 Å². The van der Waals surface area contributed by atoms with E-state index in [2.05, 4.69) is 10.1 Å². The summed E-state index contributed by atoms with van der Waals surface area (Å²) in [5.41, 5.74) is 1.87. The largest absolute Gasteiger partial charge is 0.465 e. The smallest absolute Gasteiger partial charge is 0.337 e. The summed E-state index contributed by atoms with van der Waals surface area (Å²) < 4.78 is 9.55. The van der Waals surface area contributed by atoms with Crippen LogP contribution in [0.5, 0.6) is 0 Å². The number of carbonyl (C=O) groups is 4. The number of carbonyl (C=O) groups excluding carboxylic acids is 4. The zero-order valence-corrected chi connectivity index (χ0v) is 16.7. The van der Waals surface area contributed by atoms with Gasteiger partial charge in [-0.05, 0) is 48.9 Å². The molecule has 8 heteroatoms. The lowest BCUT2D eigenvalue weighted by Gasteiger charge is -2.10. The van der Waals surface area contributed by atoms with Crippen molar-refractivity contribution in [3.63, 3.8) is 0 Å². The maximum Gasteiger partial charge on any atom is 0.337 e. The van der Waals surface area contributed by atoms with E-state index in [0.29, 0.717) is 16.3 Å². The molecule has 2 rings (SSSR count). The van der Waals surface area contributed by atoms with E-state index in [4.69, 9.17) is 16.3 Å². The molecule has 1 amide bonds. The van der Waals surface area contributed by atoms with Gasteiger partial charge < -0.3 is 14.8 Å². The summed E-state index contributed by atoms with van der Waals surface area (Å²) >= 11 is 5.77. The monoisotopic (exact) mass is 417 g/mol. The average molecular weight is 418 g/mol. The summed E-state index contributed by atoms with van der Waals surface area (Å²) in [5.74, 6) is -1.98. The number of ketones is 1. The van der Waals surface area contributed by atoms with Crippen LogP contribution in [-0.2, 0) is 19.1 Å². The van der Waals surface area contributed by atoms with Crippen LogP contribution in [0, 0.1) is 6.92 Å². The molecule has 0 aliphatic heterocycles. The maximum absolute atomic E-state index is 12.0. The van der Waals surface area contributed by atoms with Crippen molar-refractivity contribution in [1.29, 1.82) is 0 Å². The Bertz CT molecular complexity index is 923. The lowest BCUT2D eigenvalue weighted by Crippen LogP contribution is -2.21. The number of hydrogen-bond acceptors (Lipinski definition) is 6. The number of anilines is 1. The van der Waals surface area contributed by atoms with Gasteiger partial charge in [0.05, 0.1) is 19.1 Å². The highest BCUT2D eigenvalue weighted by Gasteiger charge is 2.14. The van der Waals surface area contributed by atoms with E-state index in [1.165, 1.54) is 13.2 Å². The number of ether oxygens (including phenoxy) is 2. The van der Waals surface area contributed by atoms with Gasteiger partial charge in [0.25, 0.3) is 5.91 Å². The third-order valence-corrected chi connectivity index (χ3v) is 4.27. The van der Waals surface area contributed by atoms with Crippen LogP contribution in [0.15, 0.2) is 42.5 Å². The lowest BCUT2D eigenvalue weighted by molar-refractivity contribution is -0.147. The highest BCUT2D eigenvalue weighted by molar-refractivity contribution is 6.30. The van der Waals surface area contributed by atoms with E-state index in [1.54, 1.807) is 43.3 Å². The van der Waals surface area contributed by atoms with Crippen molar-refractivity contribution in [2.24, 2.45) is 0 Å². The average Bonchev–Trinajstić information content (AvgIpc) is 2.72. The zero-order valence-electron chi connectivity index (χ0n) is 16.0. The van der Waals surface area contributed by atoms with E-state index in [9.17, 15) is 19.2 Å². The van der Waals surface area contributed by atoms with Gasteiger partial charge in [0.1, 0.15) is 0 Å². The molecule has 0 fully saturated rings. The van der Waals surface area contributed by atoms with Crippen molar-refractivity contribution in [1.82, 2.24) is 0 Å². The fourth-order valence-corrected chi connectivity index (χ4v) is 2.53. The number of hydrogen-bond donors (Lipinski definition) is 1. The van der Waals surface area contributed by atoms with Crippen LogP contribution in [0.1, 0.15) is 39.1 Å². The van der Waals surface area contributed by atoms with Gasteiger partial charge in [-0.15, -0.1) is 0 Å². The van der Waals surface area contributed by atoms with Crippen LogP contribution < -0.4 is 5.32 Å². The Morgan fingerprint density at radius 1 is 0.966 bits per heavy atom. The minimum Gasteiger partial charge on any atom is -0.465 e. The number of rotatable bonds is 8. The van der Waals surface area contributed by atoms with Crippen LogP contribution in [-0.4, -0.2) is 37.3 Å². The zero-order chi connectivity index (χ0) is 21.4. The van der Waals surface area contributed by atoms with Gasteiger partial charge in [-0.25, -0.2) is 4.79 Å². The summed E-state index contributed by atoms with van der Waals surface area (Å²) in [6, 6.07) is 11.1. The van der Waals surface area contributed by atoms with Gasteiger partial charge in [0.15, 0.2) is 12.4 Å². The normalized spacial score (nSPS) is 10.2. The molecule has 0 saturated heterocycles. The number of methoxy groups -OCH3 is 1. The van der Waals surface area contributed by atoms with Gasteiger partial charge in [-0.3, -0.25) is 14.4 Å². The van der Waals surface area contributed by atoms with Crippen molar-refractivity contribution in [3.05, 3.63) is 64.2 Å². The van der Waals surface area contributed by atoms with Gasteiger partial charge in [-0.2, -0.15) is 0 Å². The van der Waals surface area contributed by atoms with Crippen LogP contribution in [0.25, 0.3) is 0 Å². The Morgan fingerprint density at radius 3 is 2.28 bits per heavy atom. The molecule has 0 atom stereocenters. The molecule has 152 valence electrons. The summed E-state index contributed by atoms with van der Waals surface area (Å²) in [7, 11) is 1.26. The number of benzene rings is 2. The third-order valence-electron chi connectivity index (χ3n) is 4.02. The number of nitrogens with one attached hydrogen (secondary N) is 1. The number of esters is 2. The number of aryl methyl sites for hydroxylation is 1. The molecule has 0 saturated carbocycles. The molecule has 1 N–H and O–H groups in total. The molecule has 7 nitrogen and oxygen atoms in total. The van der Waals surface area contributed by atoms with Crippen molar-refractivity contribution in [2.75, 3.05) is 19.0 Å². The standard InChI is InChI=1S/C21H20ClNO6/c1-13-3-4-15(21(27)28-2)11-17(13)23-19(25)12-29-20(26)10-9-18(24)14-5-7-16(22)8-6-14/h3-8,11H,9-10,12H2,1-2H3,(H,23,25). The minimum absolute atomic E-state index is 0.0393. The van der Waals surface area contributed by atoms with Crippen molar-refractivity contribution < 1.29 is 28.7 Å². The predicted molar refractivity (Wildman–Crippen MR) is 107 cm³/mol. The van der Waals surface area contributed by atoms with E-state index in [-0.39, 0.29) is 24.2 Å². The second kappa shape index (κ2) is 10.4. The number of halogens is 1. The second-order valence-electron chi connectivity index (χ2n) is 6.16. The van der Waals surface area contributed by atoms with Crippen LogP contribution in [0.3, 0.4) is 0 Å². The molecule has 0 aliphatic carbocycles.